The van der Waals surface area contributed by atoms with Crippen LogP contribution in [-0.4, -0.2) is 18.4 Å². The largest absolute Gasteiger partial charge is 0.457 e. The van der Waals surface area contributed by atoms with E-state index in [1.165, 1.54) is 6.08 Å². The Morgan fingerprint density at radius 1 is 1.31 bits per heavy atom. The average Bonchev–Trinajstić information content (AvgIpc) is 1.99. The van der Waals surface area contributed by atoms with Crippen LogP contribution in [0, 0.1) is 5.41 Å². The molecular weight excluding hydrogens is 168 g/mol. The first-order chi connectivity index (χ1) is 5.88. The molecule has 0 spiro atoms. The summed E-state index contributed by atoms with van der Waals surface area (Å²) >= 11 is 0. The van der Waals surface area contributed by atoms with E-state index in [1.54, 1.807) is 33.8 Å². The molecule has 74 valence electrons. The number of allylic oxidation sites excluding steroid dienone is 1. The first-order valence-electron chi connectivity index (χ1n) is 4.20. The molecule has 0 bridgehead atoms. The number of hydrogen-bond donors (Lipinski definition) is 0. The molecule has 0 rings (SSSR count). The topological polar surface area (TPSA) is 43.4 Å². The third-order valence-corrected chi connectivity index (χ3v) is 1.31. The van der Waals surface area contributed by atoms with Crippen LogP contribution in [-0.2, 0) is 14.3 Å². The van der Waals surface area contributed by atoms with Crippen LogP contribution in [0.15, 0.2) is 12.2 Å². The monoisotopic (exact) mass is 184 g/mol. The second kappa shape index (κ2) is 4.80. The number of rotatable bonds is 3. The lowest BCUT2D eigenvalue weighted by Crippen LogP contribution is -2.25. The van der Waals surface area contributed by atoms with E-state index in [-0.39, 0.29) is 18.4 Å². The lowest BCUT2D eigenvalue weighted by atomic mass is 9.97. The zero-order chi connectivity index (χ0) is 10.5. The van der Waals surface area contributed by atoms with Crippen LogP contribution in [0.4, 0.5) is 0 Å². The summed E-state index contributed by atoms with van der Waals surface area (Å²) in [6.07, 6.45) is 3.00. The fraction of sp³-hybridized carbons (Fsp3) is 0.600. The van der Waals surface area contributed by atoms with Gasteiger partial charge in [0.05, 0.1) is 5.41 Å². The van der Waals surface area contributed by atoms with Crippen LogP contribution < -0.4 is 0 Å². The maximum atomic E-state index is 11.2. The number of ketones is 1. The number of ether oxygens (including phenoxy) is 1. The molecule has 0 aliphatic carbocycles. The van der Waals surface area contributed by atoms with Crippen LogP contribution in [0.1, 0.15) is 27.7 Å². The normalized spacial score (nSPS) is 11.7. The summed E-state index contributed by atoms with van der Waals surface area (Å²) in [6.45, 7) is 6.81. The molecule has 0 saturated heterocycles. The molecule has 0 atom stereocenters. The van der Waals surface area contributed by atoms with Crippen molar-refractivity contribution in [1.29, 1.82) is 0 Å². The van der Waals surface area contributed by atoms with E-state index >= 15 is 0 Å². The van der Waals surface area contributed by atoms with Crippen molar-refractivity contribution in [2.45, 2.75) is 27.7 Å². The highest BCUT2D eigenvalue weighted by Gasteiger charge is 2.23. The van der Waals surface area contributed by atoms with Crippen molar-refractivity contribution >= 4 is 11.8 Å². The third kappa shape index (κ3) is 5.17. The molecule has 0 heterocycles. The van der Waals surface area contributed by atoms with Gasteiger partial charge in [-0.05, 0) is 33.8 Å². The highest BCUT2D eigenvalue weighted by molar-refractivity contribution is 5.92. The molecule has 0 amide bonds. The molecule has 13 heavy (non-hydrogen) atoms. The van der Waals surface area contributed by atoms with E-state index in [0.29, 0.717) is 0 Å². The first kappa shape index (κ1) is 11.9. The van der Waals surface area contributed by atoms with Crippen LogP contribution >= 0.6 is 0 Å². The van der Waals surface area contributed by atoms with Crippen LogP contribution in [0.3, 0.4) is 0 Å². The van der Waals surface area contributed by atoms with Gasteiger partial charge in [-0.2, -0.15) is 0 Å². The van der Waals surface area contributed by atoms with Gasteiger partial charge in [0.2, 0.25) is 0 Å². The quantitative estimate of drug-likeness (QED) is 0.495. The van der Waals surface area contributed by atoms with Crippen LogP contribution in [0.5, 0.6) is 0 Å². The highest BCUT2D eigenvalue weighted by Crippen LogP contribution is 2.14. The molecule has 0 aromatic carbocycles. The van der Waals surface area contributed by atoms with Gasteiger partial charge in [0.25, 0.3) is 0 Å². The summed E-state index contributed by atoms with van der Waals surface area (Å²) in [4.78, 5) is 22.1. The van der Waals surface area contributed by atoms with Crippen LogP contribution in [0.2, 0.25) is 0 Å². The Bertz CT molecular complexity index is 221. The molecule has 0 aliphatic heterocycles. The SMILES string of the molecule is C/C=C/C(=O)COC(=O)C(C)(C)C. The Morgan fingerprint density at radius 2 is 1.85 bits per heavy atom. The minimum atomic E-state index is -0.545. The predicted molar refractivity (Wildman–Crippen MR) is 50.2 cm³/mol. The van der Waals surface area contributed by atoms with Gasteiger partial charge < -0.3 is 4.74 Å². The summed E-state index contributed by atoms with van der Waals surface area (Å²) in [7, 11) is 0. The minimum Gasteiger partial charge on any atom is -0.457 e. The minimum absolute atomic E-state index is 0.166. The van der Waals surface area contributed by atoms with E-state index < -0.39 is 5.41 Å². The van der Waals surface area contributed by atoms with Crippen molar-refractivity contribution in [2.75, 3.05) is 6.61 Å². The van der Waals surface area contributed by atoms with Gasteiger partial charge in [-0.1, -0.05) is 6.08 Å². The van der Waals surface area contributed by atoms with E-state index in [4.69, 9.17) is 4.74 Å². The Kier molecular flexibility index (Phi) is 4.38. The molecule has 3 heteroatoms. The summed E-state index contributed by atoms with van der Waals surface area (Å²) in [6, 6.07) is 0. The Labute approximate surface area is 78.8 Å². The van der Waals surface area contributed by atoms with Crippen molar-refractivity contribution in [3.8, 4) is 0 Å². The van der Waals surface area contributed by atoms with Gasteiger partial charge >= 0.3 is 5.97 Å². The van der Waals surface area contributed by atoms with Crippen molar-refractivity contribution in [1.82, 2.24) is 0 Å². The maximum Gasteiger partial charge on any atom is 0.311 e. The molecule has 0 aromatic rings. The summed E-state index contributed by atoms with van der Waals surface area (Å²) in [5.41, 5.74) is -0.545. The van der Waals surface area contributed by atoms with Crippen molar-refractivity contribution in [2.24, 2.45) is 5.41 Å². The smallest absolute Gasteiger partial charge is 0.311 e. The molecule has 0 fully saturated rings. The number of hydrogen-bond acceptors (Lipinski definition) is 3. The molecular formula is C10H16O3. The van der Waals surface area contributed by atoms with E-state index in [0.717, 1.165) is 0 Å². The molecule has 0 radical (unpaired) electrons. The van der Waals surface area contributed by atoms with Gasteiger partial charge in [0, 0.05) is 0 Å². The average molecular weight is 184 g/mol. The molecule has 3 nitrogen and oxygen atoms in total. The van der Waals surface area contributed by atoms with Gasteiger partial charge in [0.1, 0.15) is 0 Å². The van der Waals surface area contributed by atoms with Gasteiger partial charge in [-0.15, -0.1) is 0 Å². The maximum absolute atomic E-state index is 11.2. The molecule has 0 unspecified atom stereocenters. The zero-order valence-corrected chi connectivity index (χ0v) is 8.59. The fourth-order valence-corrected chi connectivity index (χ4v) is 0.587. The second-order valence-corrected chi connectivity index (χ2v) is 3.79. The number of esters is 1. The van der Waals surface area contributed by atoms with Gasteiger partial charge in [0.15, 0.2) is 12.4 Å². The van der Waals surface area contributed by atoms with Crippen molar-refractivity contribution < 1.29 is 14.3 Å². The van der Waals surface area contributed by atoms with Crippen molar-refractivity contribution in [3.05, 3.63) is 12.2 Å². The molecule has 0 aromatic heterocycles. The highest BCUT2D eigenvalue weighted by atomic mass is 16.5. The lowest BCUT2D eigenvalue weighted by Gasteiger charge is -2.15. The second-order valence-electron chi connectivity index (χ2n) is 3.79. The zero-order valence-electron chi connectivity index (χ0n) is 8.59. The number of carbonyl (C=O) groups is 2. The Morgan fingerprint density at radius 3 is 2.23 bits per heavy atom. The summed E-state index contributed by atoms with van der Waals surface area (Å²) in [5, 5.41) is 0. The third-order valence-electron chi connectivity index (χ3n) is 1.31. The van der Waals surface area contributed by atoms with E-state index in [9.17, 15) is 9.59 Å². The standard InChI is InChI=1S/C10H16O3/c1-5-6-8(11)7-13-9(12)10(2,3)4/h5-6H,7H2,1-4H3/b6-5+. The van der Waals surface area contributed by atoms with Crippen molar-refractivity contribution in [3.63, 3.8) is 0 Å². The summed E-state index contributed by atoms with van der Waals surface area (Å²) in [5.74, 6) is -0.551. The van der Waals surface area contributed by atoms with E-state index in [2.05, 4.69) is 0 Å². The lowest BCUT2D eigenvalue weighted by molar-refractivity contribution is -0.155. The van der Waals surface area contributed by atoms with E-state index in [1.807, 2.05) is 0 Å². The van der Waals surface area contributed by atoms with Crippen LogP contribution in [0.25, 0.3) is 0 Å². The van der Waals surface area contributed by atoms with Gasteiger partial charge in [-0.3, -0.25) is 9.59 Å². The van der Waals surface area contributed by atoms with Gasteiger partial charge in [-0.25, -0.2) is 0 Å². The Hall–Kier alpha value is -1.12. The molecule has 0 aliphatic rings. The molecule has 0 N–H and O–H groups in total. The predicted octanol–water partition coefficient (Wildman–Crippen LogP) is 1.72. The first-order valence-corrected chi connectivity index (χ1v) is 4.20. The summed E-state index contributed by atoms with van der Waals surface area (Å²) < 4.78 is 4.78. The fourth-order valence-electron chi connectivity index (χ4n) is 0.587. The molecule has 0 saturated carbocycles. The number of carbonyl (C=O) groups excluding carboxylic acids is 2. The Balaban J connectivity index is 3.91.